The van der Waals surface area contributed by atoms with Crippen molar-refractivity contribution in [3.63, 3.8) is 0 Å². The third kappa shape index (κ3) is 3.99. The number of ether oxygens (including phenoxy) is 1. The van der Waals surface area contributed by atoms with Crippen LogP contribution in [-0.4, -0.2) is 50.9 Å². The number of imidazole rings is 1. The van der Waals surface area contributed by atoms with E-state index in [1.165, 1.54) is 24.8 Å². The average Bonchev–Trinajstić information content (AvgIpc) is 3.21. The van der Waals surface area contributed by atoms with E-state index in [-0.39, 0.29) is 36.4 Å². The number of hydrogen-bond acceptors (Lipinski definition) is 5. The SMILES string of the molecule is COC(=O)c1ncn2c1C(=O)N(Cc1ccccc1Cl)C(C)(C(=O)NC1CCCCC1)C2. The van der Waals surface area contributed by atoms with Crippen LogP contribution in [0.4, 0.5) is 0 Å². The highest BCUT2D eigenvalue weighted by atomic mass is 35.5. The Hall–Kier alpha value is -2.87. The van der Waals surface area contributed by atoms with Crippen molar-refractivity contribution >= 4 is 29.4 Å². The fraction of sp³-hybridized carbons (Fsp3) is 0.478. The molecule has 1 N–H and O–H groups in total. The molecule has 2 amide bonds. The van der Waals surface area contributed by atoms with Gasteiger partial charge in [0.05, 0.1) is 20.0 Å². The number of methoxy groups -OCH3 is 1. The molecule has 1 aliphatic carbocycles. The highest BCUT2D eigenvalue weighted by Crippen LogP contribution is 2.32. The quantitative estimate of drug-likeness (QED) is 0.694. The minimum Gasteiger partial charge on any atom is -0.464 e. The second-order valence-corrected chi connectivity index (χ2v) is 9.03. The Morgan fingerprint density at radius 2 is 1.97 bits per heavy atom. The number of nitrogens with one attached hydrogen (secondary N) is 1. The van der Waals surface area contributed by atoms with E-state index in [2.05, 4.69) is 10.3 Å². The minimum absolute atomic E-state index is 0.0589. The molecule has 2 aliphatic rings. The summed E-state index contributed by atoms with van der Waals surface area (Å²) in [4.78, 5) is 45.0. The van der Waals surface area contributed by atoms with Crippen molar-refractivity contribution in [2.24, 2.45) is 0 Å². The van der Waals surface area contributed by atoms with Crippen LogP contribution >= 0.6 is 11.6 Å². The van der Waals surface area contributed by atoms with Gasteiger partial charge in [0, 0.05) is 17.6 Å². The fourth-order valence-corrected chi connectivity index (χ4v) is 4.76. The summed E-state index contributed by atoms with van der Waals surface area (Å²) < 4.78 is 6.36. The lowest BCUT2D eigenvalue weighted by atomic mass is 9.91. The molecule has 1 unspecified atom stereocenters. The summed E-state index contributed by atoms with van der Waals surface area (Å²) in [6.07, 6.45) is 6.62. The molecule has 1 saturated carbocycles. The lowest BCUT2D eigenvalue weighted by Gasteiger charge is -2.44. The number of benzene rings is 1. The van der Waals surface area contributed by atoms with Crippen LogP contribution in [0, 0.1) is 0 Å². The van der Waals surface area contributed by atoms with Gasteiger partial charge in [-0.3, -0.25) is 9.59 Å². The van der Waals surface area contributed by atoms with Gasteiger partial charge in [-0.1, -0.05) is 49.1 Å². The summed E-state index contributed by atoms with van der Waals surface area (Å²) in [6.45, 7) is 2.04. The molecule has 0 radical (unpaired) electrons. The summed E-state index contributed by atoms with van der Waals surface area (Å²) in [5.41, 5.74) is -0.413. The first-order valence-electron chi connectivity index (χ1n) is 10.8. The molecule has 1 atom stereocenters. The van der Waals surface area contributed by atoms with E-state index in [9.17, 15) is 14.4 Å². The molecule has 1 aromatic carbocycles. The molecule has 0 saturated heterocycles. The number of aromatic nitrogens is 2. The maximum Gasteiger partial charge on any atom is 0.359 e. The normalized spacial score (nSPS) is 21.2. The van der Waals surface area contributed by atoms with Gasteiger partial charge in [0.1, 0.15) is 11.2 Å². The third-order valence-corrected chi connectivity index (χ3v) is 6.82. The monoisotopic (exact) mass is 458 g/mol. The lowest BCUT2D eigenvalue weighted by molar-refractivity contribution is -0.134. The van der Waals surface area contributed by atoms with E-state index in [0.717, 1.165) is 25.7 Å². The van der Waals surface area contributed by atoms with Crippen LogP contribution in [0.15, 0.2) is 30.6 Å². The Morgan fingerprint density at radius 1 is 1.25 bits per heavy atom. The van der Waals surface area contributed by atoms with Crippen molar-refractivity contribution in [3.8, 4) is 0 Å². The van der Waals surface area contributed by atoms with Crippen molar-refractivity contribution in [2.45, 2.75) is 63.7 Å². The predicted octanol–water partition coefficient (Wildman–Crippen LogP) is 3.19. The van der Waals surface area contributed by atoms with Gasteiger partial charge in [-0.25, -0.2) is 9.78 Å². The first-order valence-corrected chi connectivity index (χ1v) is 11.2. The molecule has 1 aliphatic heterocycles. The molecular weight excluding hydrogens is 432 g/mol. The lowest BCUT2D eigenvalue weighted by Crippen LogP contribution is -2.64. The maximum absolute atomic E-state index is 13.7. The summed E-state index contributed by atoms with van der Waals surface area (Å²) in [6, 6.07) is 7.31. The molecule has 170 valence electrons. The van der Waals surface area contributed by atoms with E-state index in [1.807, 2.05) is 18.2 Å². The zero-order valence-corrected chi connectivity index (χ0v) is 19.0. The first kappa shape index (κ1) is 22.3. The molecule has 9 heteroatoms. The molecule has 2 heterocycles. The average molecular weight is 459 g/mol. The zero-order chi connectivity index (χ0) is 22.9. The Bertz CT molecular complexity index is 1050. The first-order chi connectivity index (χ1) is 15.3. The smallest absolute Gasteiger partial charge is 0.359 e. The van der Waals surface area contributed by atoms with Gasteiger partial charge in [-0.15, -0.1) is 0 Å². The van der Waals surface area contributed by atoms with Crippen molar-refractivity contribution in [1.82, 2.24) is 19.8 Å². The summed E-state index contributed by atoms with van der Waals surface area (Å²) in [7, 11) is 1.24. The largest absolute Gasteiger partial charge is 0.464 e. The summed E-state index contributed by atoms with van der Waals surface area (Å²) in [5.74, 6) is -1.38. The number of carbonyl (C=O) groups is 3. The van der Waals surface area contributed by atoms with Crippen LogP contribution in [0.3, 0.4) is 0 Å². The molecule has 4 rings (SSSR count). The molecule has 0 spiro atoms. The second-order valence-electron chi connectivity index (χ2n) is 8.63. The number of esters is 1. The molecule has 8 nitrogen and oxygen atoms in total. The van der Waals surface area contributed by atoms with Crippen molar-refractivity contribution in [2.75, 3.05) is 7.11 Å². The number of hydrogen-bond donors (Lipinski definition) is 1. The van der Waals surface area contributed by atoms with Gasteiger partial charge in [-0.05, 0) is 31.4 Å². The highest BCUT2D eigenvalue weighted by molar-refractivity contribution is 6.31. The predicted molar refractivity (Wildman–Crippen MR) is 118 cm³/mol. The van der Waals surface area contributed by atoms with E-state index in [4.69, 9.17) is 16.3 Å². The molecule has 0 bridgehead atoms. The minimum atomic E-state index is -1.19. The van der Waals surface area contributed by atoms with E-state index in [0.29, 0.717) is 10.6 Å². The molecule has 32 heavy (non-hydrogen) atoms. The van der Waals surface area contributed by atoms with Crippen LogP contribution in [0.1, 0.15) is 65.6 Å². The van der Waals surface area contributed by atoms with Crippen LogP contribution in [-0.2, 0) is 22.6 Å². The number of halogens is 1. The van der Waals surface area contributed by atoms with E-state index >= 15 is 0 Å². The van der Waals surface area contributed by atoms with Gasteiger partial charge in [0.15, 0.2) is 5.69 Å². The second kappa shape index (κ2) is 8.94. The molecular formula is C23H27ClN4O4. The van der Waals surface area contributed by atoms with Crippen LogP contribution in [0.2, 0.25) is 5.02 Å². The topological polar surface area (TPSA) is 93.5 Å². The Kier molecular flexibility index (Phi) is 6.24. The van der Waals surface area contributed by atoms with Crippen LogP contribution in [0.5, 0.6) is 0 Å². The van der Waals surface area contributed by atoms with Crippen molar-refractivity contribution in [1.29, 1.82) is 0 Å². The van der Waals surface area contributed by atoms with Crippen LogP contribution < -0.4 is 5.32 Å². The number of amides is 2. The van der Waals surface area contributed by atoms with Crippen molar-refractivity contribution < 1.29 is 19.1 Å². The van der Waals surface area contributed by atoms with E-state index < -0.39 is 17.4 Å². The summed E-state index contributed by atoms with van der Waals surface area (Å²) in [5, 5.41) is 3.66. The maximum atomic E-state index is 13.7. The van der Waals surface area contributed by atoms with Crippen LogP contribution in [0.25, 0.3) is 0 Å². The fourth-order valence-electron chi connectivity index (χ4n) is 4.57. The number of nitrogens with zero attached hydrogens (tertiary/aromatic N) is 3. The van der Waals surface area contributed by atoms with Gasteiger partial charge >= 0.3 is 5.97 Å². The highest BCUT2D eigenvalue weighted by Gasteiger charge is 2.49. The van der Waals surface area contributed by atoms with E-state index in [1.54, 1.807) is 17.6 Å². The Morgan fingerprint density at radius 3 is 2.66 bits per heavy atom. The summed E-state index contributed by atoms with van der Waals surface area (Å²) >= 11 is 6.37. The molecule has 2 aromatic rings. The number of rotatable bonds is 5. The molecule has 1 aromatic heterocycles. The molecule has 1 fully saturated rings. The number of fused-ring (bicyclic) bond motifs is 1. The van der Waals surface area contributed by atoms with Gasteiger partial charge in [-0.2, -0.15) is 0 Å². The Labute approximate surface area is 191 Å². The van der Waals surface area contributed by atoms with Gasteiger partial charge in [0.25, 0.3) is 5.91 Å². The van der Waals surface area contributed by atoms with Crippen molar-refractivity contribution in [3.05, 3.63) is 52.6 Å². The third-order valence-electron chi connectivity index (χ3n) is 6.45. The Balaban J connectivity index is 1.73. The standard InChI is InChI=1S/C23H27ClN4O4/c1-23(22(31)26-16-9-4-3-5-10-16)13-27-14-25-18(21(30)32-2)19(27)20(29)28(23)12-15-8-6-7-11-17(15)24/h6-8,11,14,16H,3-5,9-10,12-13H2,1-2H3,(H,26,31). The number of carbonyl (C=O) groups excluding carboxylic acids is 3. The van der Waals surface area contributed by atoms with Gasteiger partial charge < -0.3 is 19.5 Å². The van der Waals surface area contributed by atoms with Gasteiger partial charge in [0.2, 0.25) is 5.91 Å². The zero-order valence-electron chi connectivity index (χ0n) is 18.3.